The van der Waals surface area contributed by atoms with E-state index in [0.717, 1.165) is 0 Å². The molecular weight excluding hydrogens is 215 g/mol. The molecule has 7 heteroatoms. The van der Waals surface area contributed by atoms with Gasteiger partial charge in [0.1, 0.15) is 12.4 Å². The second kappa shape index (κ2) is 4.07. The minimum atomic E-state index is -0.788. The molecule has 0 aromatic carbocycles. The number of alkyl halides is 1. The molecule has 16 heavy (non-hydrogen) atoms. The topological polar surface area (TPSA) is 64.2 Å². The van der Waals surface area contributed by atoms with E-state index in [2.05, 4.69) is 5.10 Å². The van der Waals surface area contributed by atoms with E-state index in [1.54, 1.807) is 7.05 Å². The zero-order chi connectivity index (χ0) is 11.7. The standard InChI is InChI=1S/C9H13FN4O2/c1-12-9(8(6-11-12)14(15)16)13-4-2-7(10)3-5-13/h6-7H,2-5H2,1H3. The lowest BCUT2D eigenvalue weighted by molar-refractivity contribution is -0.384. The van der Waals surface area contributed by atoms with Crippen molar-refractivity contribution in [1.29, 1.82) is 0 Å². The Balaban J connectivity index is 2.25. The summed E-state index contributed by atoms with van der Waals surface area (Å²) in [4.78, 5) is 12.2. The van der Waals surface area contributed by atoms with E-state index in [-0.39, 0.29) is 5.69 Å². The summed E-state index contributed by atoms with van der Waals surface area (Å²) < 4.78 is 14.4. The molecule has 0 radical (unpaired) electrons. The number of hydrogen-bond acceptors (Lipinski definition) is 4. The highest BCUT2D eigenvalue weighted by molar-refractivity contribution is 5.57. The number of nitro groups is 1. The Morgan fingerprint density at radius 2 is 2.19 bits per heavy atom. The van der Waals surface area contributed by atoms with Crippen LogP contribution in [0.4, 0.5) is 15.9 Å². The second-order valence-corrected chi connectivity index (χ2v) is 3.90. The van der Waals surface area contributed by atoms with Crippen molar-refractivity contribution >= 4 is 11.5 Å². The van der Waals surface area contributed by atoms with Gasteiger partial charge in [0.15, 0.2) is 0 Å². The van der Waals surface area contributed by atoms with Gasteiger partial charge in [-0.1, -0.05) is 0 Å². The lowest BCUT2D eigenvalue weighted by atomic mass is 10.1. The van der Waals surface area contributed by atoms with Crippen LogP contribution in [0.3, 0.4) is 0 Å². The Hall–Kier alpha value is -1.66. The molecule has 0 bridgehead atoms. The Labute approximate surface area is 91.8 Å². The Bertz CT molecular complexity index is 398. The summed E-state index contributed by atoms with van der Waals surface area (Å²) in [5, 5.41) is 14.7. The first-order valence-electron chi connectivity index (χ1n) is 5.15. The van der Waals surface area contributed by atoms with Gasteiger partial charge < -0.3 is 4.90 Å². The largest absolute Gasteiger partial charge is 0.351 e. The first-order chi connectivity index (χ1) is 7.59. The van der Waals surface area contributed by atoms with E-state index < -0.39 is 11.1 Å². The maximum absolute atomic E-state index is 13.0. The van der Waals surface area contributed by atoms with E-state index in [9.17, 15) is 14.5 Å². The summed E-state index contributed by atoms with van der Waals surface area (Å²) in [7, 11) is 1.66. The summed E-state index contributed by atoms with van der Waals surface area (Å²) in [6.45, 7) is 1.00. The zero-order valence-corrected chi connectivity index (χ0v) is 8.97. The van der Waals surface area contributed by atoms with Gasteiger partial charge in [-0.15, -0.1) is 0 Å². The smallest absolute Gasteiger partial charge is 0.331 e. The molecule has 2 heterocycles. The van der Waals surface area contributed by atoms with Crippen LogP contribution in [-0.4, -0.2) is 34.0 Å². The van der Waals surface area contributed by atoms with E-state index >= 15 is 0 Å². The third-order valence-corrected chi connectivity index (χ3v) is 2.81. The molecule has 1 aromatic heterocycles. The summed E-state index contributed by atoms with van der Waals surface area (Å²) in [5.74, 6) is 0.469. The van der Waals surface area contributed by atoms with Gasteiger partial charge in [-0.25, -0.2) is 9.07 Å². The number of rotatable bonds is 2. The van der Waals surface area contributed by atoms with Crippen molar-refractivity contribution in [3.05, 3.63) is 16.3 Å². The van der Waals surface area contributed by atoms with Gasteiger partial charge in [0, 0.05) is 20.1 Å². The fraction of sp³-hybridized carbons (Fsp3) is 0.667. The van der Waals surface area contributed by atoms with Gasteiger partial charge in [0.2, 0.25) is 5.82 Å². The van der Waals surface area contributed by atoms with Gasteiger partial charge in [-0.2, -0.15) is 5.10 Å². The molecule has 1 aliphatic rings. The van der Waals surface area contributed by atoms with Crippen LogP contribution in [0.1, 0.15) is 12.8 Å². The quantitative estimate of drug-likeness (QED) is 0.564. The summed E-state index contributed by atoms with van der Waals surface area (Å²) in [6.07, 6.45) is 1.28. The number of hydrogen-bond donors (Lipinski definition) is 0. The lowest BCUT2D eigenvalue weighted by Gasteiger charge is -2.29. The van der Waals surface area contributed by atoms with Crippen molar-refractivity contribution in [2.75, 3.05) is 18.0 Å². The van der Waals surface area contributed by atoms with Crippen LogP contribution in [0.15, 0.2) is 6.20 Å². The van der Waals surface area contributed by atoms with E-state index in [4.69, 9.17) is 0 Å². The fourth-order valence-electron chi connectivity index (χ4n) is 1.97. The van der Waals surface area contributed by atoms with Gasteiger partial charge in [-0.3, -0.25) is 10.1 Å². The highest BCUT2D eigenvalue weighted by Crippen LogP contribution is 2.29. The van der Waals surface area contributed by atoms with Crippen molar-refractivity contribution in [2.45, 2.75) is 19.0 Å². The minimum absolute atomic E-state index is 0.0141. The van der Waals surface area contributed by atoms with Gasteiger partial charge in [-0.05, 0) is 12.8 Å². The van der Waals surface area contributed by atoms with E-state index in [0.29, 0.717) is 31.7 Å². The van der Waals surface area contributed by atoms with Gasteiger partial charge in [0.25, 0.3) is 0 Å². The first kappa shape index (κ1) is 10.8. The number of aryl methyl sites for hydroxylation is 1. The molecule has 1 aromatic rings. The maximum Gasteiger partial charge on any atom is 0.331 e. The Kier molecular flexibility index (Phi) is 2.76. The molecule has 6 nitrogen and oxygen atoms in total. The molecule has 2 rings (SSSR count). The second-order valence-electron chi connectivity index (χ2n) is 3.90. The molecule has 0 saturated carbocycles. The third-order valence-electron chi connectivity index (χ3n) is 2.81. The van der Waals surface area contributed by atoms with E-state index in [1.807, 2.05) is 4.90 Å². The van der Waals surface area contributed by atoms with Crippen LogP contribution in [-0.2, 0) is 7.05 Å². The SMILES string of the molecule is Cn1ncc([N+](=O)[O-])c1N1CCC(F)CC1. The molecule has 88 valence electrons. The molecule has 1 fully saturated rings. The predicted octanol–water partition coefficient (Wildman–Crippen LogP) is 1.27. The van der Waals surface area contributed by atoms with E-state index in [1.165, 1.54) is 10.9 Å². The van der Waals surface area contributed by atoms with Crippen LogP contribution in [0.5, 0.6) is 0 Å². The molecule has 0 unspecified atom stereocenters. The van der Waals surface area contributed by atoms with Gasteiger partial charge in [0.05, 0.1) is 4.92 Å². The summed E-state index contributed by atoms with van der Waals surface area (Å²) >= 11 is 0. The average molecular weight is 228 g/mol. The Morgan fingerprint density at radius 1 is 1.56 bits per heavy atom. The summed E-state index contributed by atoms with van der Waals surface area (Å²) in [5.41, 5.74) is -0.0141. The molecule has 0 N–H and O–H groups in total. The molecule has 1 aliphatic heterocycles. The first-order valence-corrected chi connectivity index (χ1v) is 5.15. The van der Waals surface area contributed by atoms with Gasteiger partial charge >= 0.3 is 5.69 Å². The lowest BCUT2D eigenvalue weighted by Crippen LogP contribution is -2.35. The number of halogens is 1. The van der Waals surface area contributed by atoms with Crippen LogP contribution in [0.2, 0.25) is 0 Å². The molecule has 0 aliphatic carbocycles. The molecule has 0 atom stereocenters. The fourth-order valence-corrected chi connectivity index (χ4v) is 1.97. The zero-order valence-electron chi connectivity index (χ0n) is 8.97. The number of aromatic nitrogens is 2. The van der Waals surface area contributed by atoms with Crippen molar-refractivity contribution in [3.63, 3.8) is 0 Å². The highest BCUT2D eigenvalue weighted by atomic mass is 19.1. The van der Waals surface area contributed by atoms with Crippen LogP contribution < -0.4 is 4.90 Å². The van der Waals surface area contributed by atoms with Crippen molar-refractivity contribution in [1.82, 2.24) is 9.78 Å². The third kappa shape index (κ3) is 1.84. The van der Waals surface area contributed by atoms with Crippen molar-refractivity contribution in [2.24, 2.45) is 7.05 Å². The number of piperidine rings is 1. The molecule has 0 spiro atoms. The highest BCUT2D eigenvalue weighted by Gasteiger charge is 2.27. The molecule has 1 saturated heterocycles. The monoisotopic (exact) mass is 228 g/mol. The molecular formula is C9H13FN4O2. The predicted molar refractivity (Wildman–Crippen MR) is 56.2 cm³/mol. The summed E-state index contributed by atoms with van der Waals surface area (Å²) in [6, 6.07) is 0. The minimum Gasteiger partial charge on any atom is -0.351 e. The number of nitrogens with zero attached hydrogens (tertiary/aromatic N) is 4. The normalized spacial score (nSPS) is 17.8. The number of anilines is 1. The van der Waals surface area contributed by atoms with Crippen molar-refractivity contribution < 1.29 is 9.31 Å². The average Bonchev–Trinajstić information content (AvgIpc) is 2.62. The Morgan fingerprint density at radius 3 is 2.75 bits per heavy atom. The van der Waals surface area contributed by atoms with Crippen LogP contribution in [0, 0.1) is 10.1 Å². The maximum atomic E-state index is 13.0. The van der Waals surface area contributed by atoms with Crippen LogP contribution in [0.25, 0.3) is 0 Å². The molecule has 0 amide bonds. The van der Waals surface area contributed by atoms with Crippen LogP contribution >= 0.6 is 0 Å². The van der Waals surface area contributed by atoms with Crippen molar-refractivity contribution in [3.8, 4) is 0 Å².